The van der Waals surface area contributed by atoms with Crippen molar-refractivity contribution < 1.29 is 14.6 Å². The number of carbonyl (C=O) groups is 1. The Bertz CT molecular complexity index is 458. The molecule has 1 saturated heterocycles. The molecule has 1 aromatic rings. The molecule has 0 saturated carbocycles. The lowest BCUT2D eigenvalue weighted by Gasteiger charge is -2.36. The number of piperidine rings is 1. The van der Waals surface area contributed by atoms with Gasteiger partial charge in [0.15, 0.2) is 0 Å². The Kier molecular flexibility index (Phi) is 5.57. The van der Waals surface area contributed by atoms with Crippen molar-refractivity contribution in [1.82, 2.24) is 4.90 Å². The quantitative estimate of drug-likeness (QED) is 0.894. The standard InChI is InChI=1S/C15H20BrNO3/c1-11(12-3-2-4-13(16)9-12)17-7-5-14(6-8-17)20-10-15(18)19/h2-4,9,11,14H,5-8,10H2,1H3,(H,18,19). The molecule has 110 valence electrons. The van der Waals surface area contributed by atoms with E-state index in [1.807, 2.05) is 6.07 Å². The van der Waals surface area contributed by atoms with Crippen LogP contribution in [0.1, 0.15) is 31.4 Å². The van der Waals surface area contributed by atoms with Gasteiger partial charge < -0.3 is 9.84 Å². The zero-order valence-electron chi connectivity index (χ0n) is 11.6. The Hall–Kier alpha value is -0.910. The maximum Gasteiger partial charge on any atom is 0.329 e. The number of nitrogens with zero attached hydrogens (tertiary/aromatic N) is 1. The molecule has 0 aliphatic carbocycles. The summed E-state index contributed by atoms with van der Waals surface area (Å²) in [6.07, 6.45) is 1.87. The smallest absolute Gasteiger partial charge is 0.329 e. The van der Waals surface area contributed by atoms with Gasteiger partial charge in [-0.25, -0.2) is 4.79 Å². The van der Waals surface area contributed by atoms with E-state index in [9.17, 15) is 4.79 Å². The van der Waals surface area contributed by atoms with Gasteiger partial charge in [0.2, 0.25) is 0 Å². The molecule has 1 atom stereocenters. The van der Waals surface area contributed by atoms with Gasteiger partial charge in [0, 0.05) is 23.6 Å². The highest BCUT2D eigenvalue weighted by atomic mass is 79.9. The number of hydrogen-bond donors (Lipinski definition) is 1. The van der Waals surface area contributed by atoms with E-state index in [0.717, 1.165) is 30.4 Å². The minimum atomic E-state index is -0.894. The first-order valence-electron chi connectivity index (χ1n) is 6.89. The van der Waals surface area contributed by atoms with Crippen LogP contribution >= 0.6 is 15.9 Å². The predicted molar refractivity (Wildman–Crippen MR) is 80.7 cm³/mol. The lowest BCUT2D eigenvalue weighted by atomic mass is 10.0. The Morgan fingerprint density at radius 3 is 2.80 bits per heavy atom. The van der Waals surface area contributed by atoms with Crippen LogP contribution in [0, 0.1) is 0 Å². The van der Waals surface area contributed by atoms with Crippen molar-refractivity contribution in [2.24, 2.45) is 0 Å². The molecule has 0 radical (unpaired) electrons. The summed E-state index contributed by atoms with van der Waals surface area (Å²) in [7, 11) is 0. The third kappa shape index (κ3) is 4.30. The molecule has 1 unspecified atom stereocenters. The van der Waals surface area contributed by atoms with Gasteiger partial charge in [-0.1, -0.05) is 28.1 Å². The van der Waals surface area contributed by atoms with Gasteiger partial charge in [0.05, 0.1) is 6.10 Å². The third-order valence-electron chi connectivity index (χ3n) is 3.80. The molecule has 0 spiro atoms. The zero-order chi connectivity index (χ0) is 14.5. The lowest BCUT2D eigenvalue weighted by Crippen LogP contribution is -2.39. The fraction of sp³-hybridized carbons (Fsp3) is 0.533. The van der Waals surface area contributed by atoms with Gasteiger partial charge in [0.1, 0.15) is 6.61 Å². The monoisotopic (exact) mass is 341 g/mol. The second-order valence-corrected chi connectivity index (χ2v) is 6.09. The Balaban J connectivity index is 1.85. The first-order valence-corrected chi connectivity index (χ1v) is 7.68. The molecule has 20 heavy (non-hydrogen) atoms. The van der Waals surface area contributed by atoms with Crippen LogP contribution in [-0.4, -0.2) is 41.8 Å². The van der Waals surface area contributed by atoms with E-state index in [1.54, 1.807) is 0 Å². The van der Waals surface area contributed by atoms with Crippen molar-refractivity contribution in [2.45, 2.75) is 31.9 Å². The number of carboxylic acid groups (broad SMARTS) is 1. The average molecular weight is 342 g/mol. The molecule has 1 aliphatic rings. The molecule has 0 aromatic heterocycles. The van der Waals surface area contributed by atoms with Crippen LogP contribution in [0.4, 0.5) is 0 Å². The van der Waals surface area contributed by atoms with Gasteiger partial charge in [-0.3, -0.25) is 4.90 Å². The molecule has 0 bridgehead atoms. The molecule has 1 aliphatic heterocycles. The largest absolute Gasteiger partial charge is 0.480 e. The number of ether oxygens (including phenoxy) is 1. The van der Waals surface area contributed by atoms with E-state index >= 15 is 0 Å². The van der Waals surface area contributed by atoms with Crippen LogP contribution < -0.4 is 0 Å². The number of rotatable bonds is 5. The van der Waals surface area contributed by atoms with E-state index in [-0.39, 0.29) is 12.7 Å². The third-order valence-corrected chi connectivity index (χ3v) is 4.29. The van der Waals surface area contributed by atoms with Crippen molar-refractivity contribution in [3.63, 3.8) is 0 Å². The summed E-state index contributed by atoms with van der Waals surface area (Å²) in [5, 5.41) is 8.62. The Morgan fingerprint density at radius 2 is 2.20 bits per heavy atom. The summed E-state index contributed by atoms with van der Waals surface area (Å²) in [6, 6.07) is 8.74. The number of carboxylic acids is 1. The van der Waals surface area contributed by atoms with Crippen molar-refractivity contribution in [3.05, 3.63) is 34.3 Å². The highest BCUT2D eigenvalue weighted by Crippen LogP contribution is 2.26. The van der Waals surface area contributed by atoms with E-state index in [0.29, 0.717) is 6.04 Å². The van der Waals surface area contributed by atoms with Crippen LogP contribution in [0.5, 0.6) is 0 Å². The van der Waals surface area contributed by atoms with E-state index < -0.39 is 5.97 Å². The highest BCUT2D eigenvalue weighted by molar-refractivity contribution is 9.10. The fourth-order valence-corrected chi connectivity index (χ4v) is 3.01. The highest BCUT2D eigenvalue weighted by Gasteiger charge is 2.24. The Labute approximate surface area is 127 Å². The molecule has 4 nitrogen and oxygen atoms in total. The summed E-state index contributed by atoms with van der Waals surface area (Å²) >= 11 is 3.50. The van der Waals surface area contributed by atoms with Crippen LogP contribution in [0.25, 0.3) is 0 Å². The van der Waals surface area contributed by atoms with Crippen molar-refractivity contribution in [2.75, 3.05) is 19.7 Å². The maximum absolute atomic E-state index is 10.5. The maximum atomic E-state index is 10.5. The predicted octanol–water partition coefficient (Wildman–Crippen LogP) is 3.08. The SMILES string of the molecule is CC(c1cccc(Br)c1)N1CCC(OCC(=O)O)CC1. The van der Waals surface area contributed by atoms with Crippen LogP contribution in [0.2, 0.25) is 0 Å². The molecule has 2 rings (SSSR count). The number of halogens is 1. The molecule has 1 fully saturated rings. The fourth-order valence-electron chi connectivity index (χ4n) is 2.60. The molecule has 1 N–H and O–H groups in total. The summed E-state index contributed by atoms with van der Waals surface area (Å²) in [4.78, 5) is 12.9. The topological polar surface area (TPSA) is 49.8 Å². The second kappa shape index (κ2) is 7.20. The summed E-state index contributed by atoms with van der Waals surface area (Å²) in [5.41, 5.74) is 1.30. The molecule has 0 amide bonds. The van der Waals surface area contributed by atoms with Crippen molar-refractivity contribution in [3.8, 4) is 0 Å². The molecule has 1 heterocycles. The van der Waals surface area contributed by atoms with Gasteiger partial charge >= 0.3 is 5.97 Å². The van der Waals surface area contributed by atoms with E-state index in [2.05, 4.69) is 46.0 Å². The van der Waals surface area contributed by atoms with Gasteiger partial charge in [-0.15, -0.1) is 0 Å². The number of hydrogen-bond acceptors (Lipinski definition) is 3. The van der Waals surface area contributed by atoms with Gasteiger partial charge in [-0.05, 0) is 37.5 Å². The van der Waals surface area contributed by atoms with Crippen LogP contribution in [-0.2, 0) is 9.53 Å². The lowest BCUT2D eigenvalue weighted by molar-refractivity contribution is -0.145. The van der Waals surface area contributed by atoms with Crippen LogP contribution in [0.15, 0.2) is 28.7 Å². The summed E-state index contributed by atoms with van der Waals surface area (Å²) < 4.78 is 6.46. The van der Waals surface area contributed by atoms with E-state index in [4.69, 9.17) is 9.84 Å². The normalized spacial score (nSPS) is 18.9. The first kappa shape index (κ1) is 15.5. The zero-order valence-corrected chi connectivity index (χ0v) is 13.2. The molecular formula is C15H20BrNO3. The molecule has 1 aromatic carbocycles. The van der Waals surface area contributed by atoms with Gasteiger partial charge in [0.25, 0.3) is 0 Å². The van der Waals surface area contributed by atoms with Crippen LogP contribution in [0.3, 0.4) is 0 Å². The van der Waals surface area contributed by atoms with Crippen molar-refractivity contribution >= 4 is 21.9 Å². The molecular weight excluding hydrogens is 322 g/mol. The first-order chi connectivity index (χ1) is 9.56. The number of aliphatic carboxylic acids is 1. The van der Waals surface area contributed by atoms with Crippen molar-refractivity contribution in [1.29, 1.82) is 0 Å². The number of benzene rings is 1. The van der Waals surface area contributed by atoms with E-state index in [1.165, 1.54) is 5.56 Å². The minimum Gasteiger partial charge on any atom is -0.480 e. The van der Waals surface area contributed by atoms with Gasteiger partial charge in [-0.2, -0.15) is 0 Å². The minimum absolute atomic E-state index is 0.0806. The molecule has 5 heteroatoms. The average Bonchev–Trinajstić information content (AvgIpc) is 2.45. The number of likely N-dealkylation sites (tertiary alicyclic amines) is 1. The summed E-state index contributed by atoms with van der Waals surface area (Å²) in [5.74, 6) is -0.894. The Morgan fingerprint density at radius 1 is 1.50 bits per heavy atom. The second-order valence-electron chi connectivity index (χ2n) is 5.17. The summed E-state index contributed by atoms with van der Waals surface area (Å²) in [6.45, 7) is 3.90.